The van der Waals surface area contributed by atoms with E-state index in [1.54, 1.807) is 7.11 Å². The maximum atomic E-state index is 9.26. The number of allylic oxidation sites excluding steroid dienone is 1. The molecule has 8 heteroatoms. The van der Waals surface area contributed by atoms with E-state index in [1.807, 2.05) is 6.07 Å². The first-order chi connectivity index (χ1) is 15.8. The van der Waals surface area contributed by atoms with Crippen molar-refractivity contribution in [1.82, 2.24) is 14.9 Å². The van der Waals surface area contributed by atoms with Crippen molar-refractivity contribution < 1.29 is 9.84 Å². The van der Waals surface area contributed by atoms with Crippen LogP contribution in [0, 0.1) is 6.92 Å². The minimum absolute atomic E-state index is 0.0341. The van der Waals surface area contributed by atoms with E-state index in [9.17, 15) is 5.11 Å². The molecule has 33 heavy (non-hydrogen) atoms. The van der Waals surface area contributed by atoms with E-state index >= 15 is 0 Å². The van der Waals surface area contributed by atoms with E-state index in [4.69, 9.17) is 22.1 Å². The summed E-state index contributed by atoms with van der Waals surface area (Å²) in [6, 6.07) is 2.00. The number of likely N-dealkylation sites (tertiary alicyclic amines) is 1. The Morgan fingerprint density at radius 2 is 2.03 bits per heavy atom. The molecule has 4 rings (SSSR count). The van der Waals surface area contributed by atoms with Gasteiger partial charge >= 0.3 is 0 Å². The van der Waals surface area contributed by atoms with Gasteiger partial charge in [-0.2, -0.15) is 0 Å². The van der Waals surface area contributed by atoms with Crippen molar-refractivity contribution in [2.75, 3.05) is 50.5 Å². The van der Waals surface area contributed by atoms with Crippen LogP contribution < -0.4 is 15.4 Å². The first kappa shape index (κ1) is 23.8. The summed E-state index contributed by atoms with van der Waals surface area (Å²) in [7, 11) is 1.73. The van der Waals surface area contributed by atoms with Crippen molar-refractivity contribution in [2.45, 2.75) is 46.1 Å². The summed E-state index contributed by atoms with van der Waals surface area (Å²) in [5.41, 5.74) is 13.0. The lowest BCUT2D eigenvalue weighted by Gasteiger charge is -2.42. The standard InChI is InChI=1S/C25H34ClN5O2/c1-6-17-12-31(25-22(14(17)2)24(27)28-13-29-25)16(4)19-9-20(26)15(3)21(23(19)33-5)18-10-30(11-18)7-8-32/h9,13,16,18,32H,6-8,10-12H2,1-5H3,(H2,27,28,29). The fourth-order valence-electron chi connectivity index (χ4n) is 5.28. The normalized spacial score (nSPS) is 17.7. The van der Waals surface area contributed by atoms with Crippen LogP contribution in [0.2, 0.25) is 5.02 Å². The monoisotopic (exact) mass is 471 g/mol. The number of aliphatic hydroxyl groups is 1. The molecule has 2 aromatic rings. The molecular formula is C25H34ClN5O2. The van der Waals surface area contributed by atoms with Gasteiger partial charge in [0, 0.05) is 48.2 Å². The van der Waals surface area contributed by atoms with E-state index in [-0.39, 0.29) is 12.6 Å². The van der Waals surface area contributed by atoms with Crippen molar-refractivity contribution in [2.24, 2.45) is 0 Å². The highest BCUT2D eigenvalue weighted by atomic mass is 35.5. The topological polar surface area (TPSA) is 87.7 Å². The van der Waals surface area contributed by atoms with Crippen molar-refractivity contribution in [1.29, 1.82) is 0 Å². The molecule has 3 heterocycles. The van der Waals surface area contributed by atoms with Gasteiger partial charge in [0.25, 0.3) is 0 Å². The quantitative estimate of drug-likeness (QED) is 0.626. The largest absolute Gasteiger partial charge is 0.496 e. The van der Waals surface area contributed by atoms with Gasteiger partial charge in [0.2, 0.25) is 0 Å². The Balaban J connectivity index is 1.78. The van der Waals surface area contributed by atoms with Crippen LogP contribution in [-0.2, 0) is 0 Å². The molecule has 0 saturated carbocycles. The number of nitrogens with two attached hydrogens (primary N) is 1. The summed E-state index contributed by atoms with van der Waals surface area (Å²) in [6.45, 7) is 11.9. The van der Waals surface area contributed by atoms with E-state index in [0.717, 1.165) is 59.3 Å². The lowest BCUT2D eigenvalue weighted by molar-refractivity contribution is 0.114. The minimum Gasteiger partial charge on any atom is -0.496 e. The van der Waals surface area contributed by atoms with Crippen LogP contribution >= 0.6 is 11.6 Å². The predicted octanol–water partition coefficient (Wildman–Crippen LogP) is 4.19. The number of benzene rings is 1. The molecular weight excluding hydrogens is 438 g/mol. The van der Waals surface area contributed by atoms with Gasteiger partial charge in [-0.05, 0) is 50.0 Å². The molecule has 1 saturated heterocycles. The molecule has 1 unspecified atom stereocenters. The molecule has 2 aliphatic rings. The molecule has 178 valence electrons. The van der Waals surface area contributed by atoms with E-state index in [0.29, 0.717) is 18.3 Å². The molecule has 0 radical (unpaired) electrons. The SMILES string of the molecule is CCC1=C(C)c2c(N)ncnc2N(C(C)c2cc(Cl)c(C)c(C3CN(CCO)C3)c2OC)C1. The van der Waals surface area contributed by atoms with E-state index in [1.165, 1.54) is 23.0 Å². The molecule has 0 amide bonds. The minimum atomic E-state index is -0.0341. The summed E-state index contributed by atoms with van der Waals surface area (Å²) in [6.07, 6.45) is 2.47. The first-order valence-electron chi connectivity index (χ1n) is 11.6. The Hall–Kier alpha value is -2.35. The van der Waals surface area contributed by atoms with E-state index in [2.05, 4.69) is 47.5 Å². The second kappa shape index (κ2) is 9.49. The molecule has 1 aromatic carbocycles. The average Bonchev–Trinajstić information content (AvgIpc) is 2.77. The number of nitrogen functional groups attached to an aromatic ring is 1. The molecule has 1 fully saturated rings. The Morgan fingerprint density at radius 3 is 2.67 bits per heavy atom. The molecule has 0 bridgehead atoms. The second-order valence-electron chi connectivity index (χ2n) is 9.04. The summed E-state index contributed by atoms with van der Waals surface area (Å²) < 4.78 is 6.04. The van der Waals surface area contributed by atoms with Crippen molar-refractivity contribution in [3.63, 3.8) is 0 Å². The van der Waals surface area contributed by atoms with Gasteiger partial charge < -0.3 is 20.5 Å². The van der Waals surface area contributed by atoms with E-state index < -0.39 is 0 Å². The Morgan fingerprint density at radius 1 is 1.30 bits per heavy atom. The molecule has 1 atom stereocenters. The highest BCUT2D eigenvalue weighted by Gasteiger charge is 2.35. The van der Waals surface area contributed by atoms with Crippen LogP contribution in [-0.4, -0.2) is 59.9 Å². The number of aliphatic hydroxyl groups excluding tert-OH is 1. The lowest BCUT2D eigenvalue weighted by Crippen LogP contribution is -2.46. The van der Waals surface area contributed by atoms with Crippen LogP contribution in [0.15, 0.2) is 18.0 Å². The highest BCUT2D eigenvalue weighted by molar-refractivity contribution is 6.31. The van der Waals surface area contributed by atoms with Crippen molar-refractivity contribution in [3.8, 4) is 5.75 Å². The number of β-amino-alcohol motifs (C(OH)–C–C–N with tert-alkyl or cyclic N) is 1. The smallest absolute Gasteiger partial charge is 0.142 e. The van der Waals surface area contributed by atoms with Gasteiger partial charge in [-0.3, -0.25) is 4.90 Å². The molecule has 0 spiro atoms. The number of fused-ring (bicyclic) bond motifs is 1. The summed E-state index contributed by atoms with van der Waals surface area (Å²) >= 11 is 6.78. The summed E-state index contributed by atoms with van der Waals surface area (Å²) in [5.74, 6) is 2.58. The van der Waals surface area contributed by atoms with Crippen molar-refractivity contribution in [3.05, 3.63) is 45.2 Å². The Kier molecular flexibility index (Phi) is 6.84. The second-order valence-corrected chi connectivity index (χ2v) is 9.45. The first-order valence-corrected chi connectivity index (χ1v) is 12.0. The van der Waals surface area contributed by atoms with Gasteiger partial charge in [-0.1, -0.05) is 18.5 Å². The van der Waals surface area contributed by atoms with Crippen LogP contribution in [0.5, 0.6) is 5.75 Å². The average molecular weight is 472 g/mol. The maximum absolute atomic E-state index is 9.26. The third-order valence-corrected chi connectivity index (χ3v) is 7.67. The van der Waals surface area contributed by atoms with Crippen LogP contribution in [0.4, 0.5) is 11.6 Å². The number of hydrogen-bond acceptors (Lipinski definition) is 7. The number of nitrogens with zero attached hydrogens (tertiary/aromatic N) is 4. The summed E-state index contributed by atoms with van der Waals surface area (Å²) in [5, 5.41) is 10.0. The number of anilines is 2. The molecule has 1 aromatic heterocycles. The van der Waals surface area contributed by atoms with Crippen LogP contribution in [0.3, 0.4) is 0 Å². The number of hydrogen-bond donors (Lipinski definition) is 2. The van der Waals surface area contributed by atoms with Gasteiger partial charge in [0.05, 0.1) is 25.3 Å². The third kappa shape index (κ3) is 4.07. The zero-order valence-corrected chi connectivity index (χ0v) is 20.9. The number of ether oxygens (including phenoxy) is 1. The molecule has 3 N–H and O–H groups in total. The number of methoxy groups -OCH3 is 1. The van der Waals surface area contributed by atoms with Gasteiger partial charge in [-0.15, -0.1) is 0 Å². The Labute approximate surface area is 201 Å². The third-order valence-electron chi connectivity index (χ3n) is 7.28. The molecule has 7 nitrogen and oxygen atoms in total. The Bertz CT molecular complexity index is 1080. The summed E-state index contributed by atoms with van der Waals surface area (Å²) in [4.78, 5) is 13.4. The zero-order chi connectivity index (χ0) is 23.9. The highest BCUT2D eigenvalue weighted by Crippen LogP contribution is 2.46. The molecule has 0 aliphatic carbocycles. The van der Waals surface area contributed by atoms with Crippen LogP contribution in [0.1, 0.15) is 61.4 Å². The fraction of sp³-hybridized carbons (Fsp3) is 0.520. The number of halogens is 1. The fourth-order valence-corrected chi connectivity index (χ4v) is 5.50. The lowest BCUT2D eigenvalue weighted by atomic mass is 9.84. The number of aromatic nitrogens is 2. The van der Waals surface area contributed by atoms with Crippen molar-refractivity contribution >= 4 is 28.8 Å². The van der Waals surface area contributed by atoms with Gasteiger partial charge in [-0.25, -0.2) is 9.97 Å². The van der Waals surface area contributed by atoms with Crippen LogP contribution in [0.25, 0.3) is 5.57 Å². The predicted molar refractivity (Wildman–Crippen MR) is 134 cm³/mol. The number of rotatable bonds is 7. The van der Waals surface area contributed by atoms with Gasteiger partial charge in [0.15, 0.2) is 0 Å². The maximum Gasteiger partial charge on any atom is 0.142 e. The van der Waals surface area contributed by atoms with Gasteiger partial charge in [0.1, 0.15) is 23.7 Å². The zero-order valence-electron chi connectivity index (χ0n) is 20.2. The molecule has 2 aliphatic heterocycles.